The van der Waals surface area contributed by atoms with E-state index in [9.17, 15) is 4.79 Å². The summed E-state index contributed by atoms with van der Waals surface area (Å²) in [4.78, 5) is 10.4. The van der Waals surface area contributed by atoms with Crippen LogP contribution >= 0.6 is 0 Å². The molecular weight excluding hydrogens is 190 g/mol. The lowest BCUT2D eigenvalue weighted by Crippen LogP contribution is -2.38. The molecule has 0 aromatic rings. The van der Waals surface area contributed by atoms with Crippen molar-refractivity contribution in [3.05, 3.63) is 11.6 Å². The number of aliphatic carboxylic acids is 1. The molecule has 1 aliphatic carbocycles. The summed E-state index contributed by atoms with van der Waals surface area (Å²) in [6.07, 6.45) is 6.42. The van der Waals surface area contributed by atoms with Crippen molar-refractivity contribution in [2.75, 3.05) is 6.54 Å². The van der Waals surface area contributed by atoms with Crippen LogP contribution in [0.4, 0.5) is 0 Å². The monoisotopic (exact) mass is 211 g/mol. The first-order chi connectivity index (χ1) is 7.09. The summed E-state index contributed by atoms with van der Waals surface area (Å²) in [6, 6.07) is 0.566. The topological polar surface area (TPSA) is 49.3 Å². The molecule has 1 fully saturated rings. The first-order valence-electron chi connectivity index (χ1n) is 5.73. The van der Waals surface area contributed by atoms with Gasteiger partial charge >= 0.3 is 5.97 Å². The molecule has 3 heteroatoms. The Morgan fingerprint density at radius 1 is 1.47 bits per heavy atom. The summed E-state index contributed by atoms with van der Waals surface area (Å²) >= 11 is 0. The number of carboxylic acid groups (broad SMARTS) is 1. The molecule has 2 atom stereocenters. The summed E-state index contributed by atoms with van der Waals surface area (Å²) < 4.78 is 0. The van der Waals surface area contributed by atoms with Crippen LogP contribution in [-0.2, 0) is 4.79 Å². The molecule has 1 aliphatic rings. The highest BCUT2D eigenvalue weighted by atomic mass is 16.4. The maximum absolute atomic E-state index is 10.4. The Bertz CT molecular complexity index is 248. The number of hydrogen-bond donors (Lipinski definition) is 2. The average Bonchev–Trinajstić information content (AvgIpc) is 2.15. The molecule has 0 aromatic carbocycles. The van der Waals surface area contributed by atoms with Crippen molar-refractivity contribution in [1.29, 1.82) is 0 Å². The van der Waals surface area contributed by atoms with E-state index in [0.717, 1.165) is 11.5 Å². The molecule has 0 heterocycles. The quantitative estimate of drug-likeness (QED) is 0.701. The van der Waals surface area contributed by atoms with Crippen LogP contribution in [0.3, 0.4) is 0 Å². The molecule has 1 saturated carbocycles. The van der Waals surface area contributed by atoms with Gasteiger partial charge in [-0.3, -0.25) is 0 Å². The van der Waals surface area contributed by atoms with Crippen LogP contribution in [0.2, 0.25) is 0 Å². The first-order valence-corrected chi connectivity index (χ1v) is 5.73. The fourth-order valence-electron chi connectivity index (χ4n) is 2.17. The minimum absolute atomic E-state index is 0.566. The molecule has 1 rings (SSSR count). The van der Waals surface area contributed by atoms with Crippen LogP contribution in [0.5, 0.6) is 0 Å². The van der Waals surface area contributed by atoms with Gasteiger partial charge in [-0.15, -0.1) is 0 Å². The van der Waals surface area contributed by atoms with Gasteiger partial charge < -0.3 is 10.4 Å². The third-order valence-electron chi connectivity index (χ3n) is 3.12. The largest absolute Gasteiger partial charge is 0.478 e. The van der Waals surface area contributed by atoms with Crippen molar-refractivity contribution in [3.8, 4) is 0 Å². The summed E-state index contributed by atoms with van der Waals surface area (Å²) in [5.41, 5.74) is 0.889. The van der Waals surface area contributed by atoms with Crippen LogP contribution in [-0.4, -0.2) is 23.7 Å². The number of carbonyl (C=O) groups is 1. The summed E-state index contributed by atoms with van der Waals surface area (Å²) in [5.74, 6) is -0.137. The van der Waals surface area contributed by atoms with Gasteiger partial charge in [-0.25, -0.2) is 4.79 Å². The standard InChI is InChI=1S/C12H21NO2/c1-9(7-12(14)15)8-13-11-6-4-3-5-10(11)2/h7,10-11,13H,3-6,8H2,1-2H3,(H,14,15). The van der Waals surface area contributed by atoms with Crippen LogP contribution in [0.15, 0.2) is 11.6 Å². The number of rotatable bonds is 4. The zero-order chi connectivity index (χ0) is 11.3. The van der Waals surface area contributed by atoms with E-state index in [1.54, 1.807) is 0 Å². The Morgan fingerprint density at radius 3 is 2.73 bits per heavy atom. The van der Waals surface area contributed by atoms with E-state index in [0.29, 0.717) is 12.6 Å². The Balaban J connectivity index is 2.32. The summed E-state index contributed by atoms with van der Waals surface area (Å²) in [7, 11) is 0. The number of carboxylic acids is 1. The van der Waals surface area contributed by atoms with Gasteiger partial charge in [0.25, 0.3) is 0 Å². The Kier molecular flexibility index (Phi) is 4.82. The third kappa shape index (κ3) is 4.47. The van der Waals surface area contributed by atoms with E-state index in [2.05, 4.69) is 12.2 Å². The van der Waals surface area contributed by atoms with Crippen LogP contribution < -0.4 is 5.32 Å². The van der Waals surface area contributed by atoms with E-state index >= 15 is 0 Å². The first kappa shape index (κ1) is 12.2. The van der Waals surface area contributed by atoms with Gasteiger partial charge in [0, 0.05) is 18.7 Å². The molecule has 0 amide bonds. The second-order valence-corrected chi connectivity index (χ2v) is 4.58. The lowest BCUT2D eigenvalue weighted by Gasteiger charge is -2.29. The van der Waals surface area contributed by atoms with Gasteiger partial charge in [0.1, 0.15) is 0 Å². The third-order valence-corrected chi connectivity index (χ3v) is 3.12. The maximum Gasteiger partial charge on any atom is 0.328 e. The molecule has 3 nitrogen and oxygen atoms in total. The average molecular weight is 211 g/mol. The van der Waals surface area contributed by atoms with E-state index in [4.69, 9.17) is 5.11 Å². The minimum Gasteiger partial charge on any atom is -0.478 e. The highest BCUT2D eigenvalue weighted by Gasteiger charge is 2.20. The lowest BCUT2D eigenvalue weighted by molar-refractivity contribution is -0.131. The Hall–Kier alpha value is -0.830. The molecular formula is C12H21NO2. The van der Waals surface area contributed by atoms with Gasteiger partial charge in [-0.1, -0.05) is 25.3 Å². The van der Waals surface area contributed by atoms with Crippen molar-refractivity contribution < 1.29 is 9.90 Å². The Labute approximate surface area is 91.6 Å². The molecule has 0 aromatic heterocycles. The van der Waals surface area contributed by atoms with Gasteiger partial charge in [0.2, 0.25) is 0 Å². The van der Waals surface area contributed by atoms with E-state index in [1.165, 1.54) is 31.8 Å². The molecule has 0 aliphatic heterocycles. The molecule has 0 bridgehead atoms. The molecule has 2 unspecified atom stereocenters. The van der Waals surface area contributed by atoms with E-state index in [-0.39, 0.29) is 0 Å². The smallest absolute Gasteiger partial charge is 0.328 e. The normalized spacial score (nSPS) is 27.7. The predicted octanol–water partition coefficient (Wildman–Crippen LogP) is 2.19. The fourth-order valence-corrected chi connectivity index (χ4v) is 2.17. The van der Waals surface area contributed by atoms with Gasteiger partial charge in [-0.2, -0.15) is 0 Å². The van der Waals surface area contributed by atoms with Crippen molar-refractivity contribution in [1.82, 2.24) is 5.32 Å². The predicted molar refractivity (Wildman–Crippen MR) is 60.8 cm³/mol. The fraction of sp³-hybridized carbons (Fsp3) is 0.750. The van der Waals surface area contributed by atoms with Crippen LogP contribution in [0, 0.1) is 5.92 Å². The number of hydrogen-bond acceptors (Lipinski definition) is 2. The zero-order valence-corrected chi connectivity index (χ0v) is 9.62. The second-order valence-electron chi connectivity index (χ2n) is 4.58. The SMILES string of the molecule is CC(=CC(=O)O)CNC1CCCCC1C. The van der Waals surface area contributed by atoms with Gasteiger partial charge in [0.15, 0.2) is 0 Å². The highest BCUT2D eigenvalue weighted by Crippen LogP contribution is 2.23. The molecule has 86 valence electrons. The highest BCUT2D eigenvalue weighted by molar-refractivity contribution is 5.80. The molecule has 0 spiro atoms. The van der Waals surface area contributed by atoms with Gasteiger partial charge in [0.05, 0.1) is 0 Å². The van der Waals surface area contributed by atoms with Crippen LogP contribution in [0.1, 0.15) is 39.5 Å². The molecule has 15 heavy (non-hydrogen) atoms. The Morgan fingerprint density at radius 2 is 2.13 bits per heavy atom. The van der Waals surface area contributed by atoms with Crippen LogP contribution in [0.25, 0.3) is 0 Å². The summed E-state index contributed by atoms with van der Waals surface area (Å²) in [5, 5.41) is 12.0. The van der Waals surface area contributed by atoms with Crippen molar-refractivity contribution in [2.45, 2.75) is 45.6 Å². The van der Waals surface area contributed by atoms with Gasteiger partial charge in [-0.05, 0) is 25.7 Å². The molecule has 2 N–H and O–H groups in total. The van der Waals surface area contributed by atoms with E-state index < -0.39 is 5.97 Å². The minimum atomic E-state index is -0.856. The molecule has 0 saturated heterocycles. The number of nitrogens with one attached hydrogen (secondary N) is 1. The summed E-state index contributed by atoms with van der Waals surface area (Å²) in [6.45, 7) is 4.82. The molecule has 0 radical (unpaired) electrons. The van der Waals surface area contributed by atoms with E-state index in [1.807, 2.05) is 6.92 Å². The maximum atomic E-state index is 10.4. The van der Waals surface area contributed by atoms with Crippen molar-refractivity contribution >= 4 is 5.97 Å². The zero-order valence-electron chi connectivity index (χ0n) is 9.62. The van der Waals surface area contributed by atoms with Crippen molar-refractivity contribution in [3.63, 3.8) is 0 Å². The van der Waals surface area contributed by atoms with Crippen molar-refractivity contribution in [2.24, 2.45) is 5.92 Å². The second kappa shape index (κ2) is 5.91. The lowest BCUT2D eigenvalue weighted by atomic mass is 9.86.